The molecule has 1 aliphatic carbocycles. The Hall–Kier alpha value is -2.09. The van der Waals surface area contributed by atoms with Crippen LogP contribution < -0.4 is 5.32 Å². The Kier molecular flexibility index (Phi) is 8.40. The molecule has 0 aromatic rings. The van der Waals surface area contributed by atoms with Crippen molar-refractivity contribution in [3.8, 4) is 0 Å². The van der Waals surface area contributed by atoms with Crippen LogP contribution >= 0.6 is 0 Å². The van der Waals surface area contributed by atoms with Gasteiger partial charge in [0.1, 0.15) is 0 Å². The number of aliphatic hydroxyl groups is 1. The van der Waals surface area contributed by atoms with Crippen molar-refractivity contribution in [1.29, 1.82) is 0 Å². The number of aliphatic hydroxyl groups excluding tert-OH is 1. The van der Waals surface area contributed by atoms with E-state index in [2.05, 4.69) is 15.3 Å². The number of carbonyl (C=O) groups is 2. The Morgan fingerprint density at radius 3 is 2.52 bits per heavy atom. The molecule has 0 aliphatic heterocycles. The molecule has 1 amide bonds. The van der Waals surface area contributed by atoms with Gasteiger partial charge in [-0.2, -0.15) is 0 Å². The topological polar surface area (TPSA) is 134 Å². The minimum Gasteiger partial charge on any atom is -0.463 e. The van der Waals surface area contributed by atoms with Crippen LogP contribution in [0.25, 0.3) is 10.4 Å². The largest absolute Gasteiger partial charge is 0.463 e. The van der Waals surface area contributed by atoms with Crippen LogP contribution in [0.3, 0.4) is 0 Å². The second-order valence-electron chi connectivity index (χ2n) is 5.75. The summed E-state index contributed by atoms with van der Waals surface area (Å²) in [7, 11) is 0. The number of nitrogens with one attached hydrogen (secondary N) is 1. The molecule has 1 aliphatic rings. The van der Waals surface area contributed by atoms with E-state index in [9.17, 15) is 14.7 Å². The first-order valence-corrected chi connectivity index (χ1v) is 8.43. The molecule has 0 spiro atoms. The molecular formula is C16H26N4O5. The minimum atomic E-state index is -1.40. The minimum absolute atomic E-state index is 0.0307. The van der Waals surface area contributed by atoms with Crippen LogP contribution in [0.5, 0.6) is 0 Å². The van der Waals surface area contributed by atoms with Crippen LogP contribution in [0.4, 0.5) is 0 Å². The first kappa shape index (κ1) is 21.0. The fourth-order valence-corrected chi connectivity index (χ4v) is 2.78. The molecule has 0 radical (unpaired) electrons. The Labute approximate surface area is 147 Å². The second kappa shape index (κ2) is 10.0. The van der Waals surface area contributed by atoms with Gasteiger partial charge in [0.15, 0.2) is 0 Å². The average Bonchev–Trinajstić information content (AvgIpc) is 2.57. The van der Waals surface area contributed by atoms with Crippen molar-refractivity contribution in [3.63, 3.8) is 0 Å². The van der Waals surface area contributed by atoms with E-state index in [0.29, 0.717) is 0 Å². The number of esters is 1. The summed E-state index contributed by atoms with van der Waals surface area (Å²) in [6.45, 7) is 7.03. The summed E-state index contributed by atoms with van der Waals surface area (Å²) in [5.41, 5.74) is 8.80. The van der Waals surface area contributed by atoms with Crippen LogP contribution in [-0.4, -0.2) is 54.0 Å². The lowest BCUT2D eigenvalue weighted by Crippen LogP contribution is -2.58. The fourth-order valence-electron chi connectivity index (χ4n) is 2.78. The molecule has 1 rings (SSSR count). The van der Waals surface area contributed by atoms with Crippen molar-refractivity contribution < 1.29 is 24.2 Å². The van der Waals surface area contributed by atoms with Gasteiger partial charge in [0.05, 0.1) is 42.6 Å². The number of azide groups is 1. The number of ether oxygens (including phenoxy) is 2. The van der Waals surface area contributed by atoms with Gasteiger partial charge in [0, 0.05) is 11.8 Å². The molecule has 2 N–H and O–H groups in total. The molecule has 0 aromatic carbocycles. The molecule has 9 heteroatoms. The highest BCUT2D eigenvalue weighted by atomic mass is 16.5. The van der Waals surface area contributed by atoms with Gasteiger partial charge in [0.2, 0.25) is 5.91 Å². The van der Waals surface area contributed by atoms with E-state index in [1.54, 1.807) is 6.92 Å². The lowest BCUT2D eigenvalue weighted by atomic mass is 9.85. The van der Waals surface area contributed by atoms with Crippen molar-refractivity contribution in [3.05, 3.63) is 22.1 Å². The quantitative estimate of drug-likeness (QED) is 0.295. The monoisotopic (exact) mass is 354 g/mol. The van der Waals surface area contributed by atoms with Gasteiger partial charge in [-0.1, -0.05) is 19.0 Å². The van der Waals surface area contributed by atoms with E-state index in [1.165, 1.54) is 13.0 Å². The fraction of sp³-hybridized carbons (Fsp3) is 0.750. The standard InChI is InChI=1S/C16H26N4O5/c1-5-10(6-2)25-12-8-11(16(23)24-7-3)15(22)14(19-20-17)13(12)18-9(4)21/h8,10,12-15,22H,5-7H2,1-4H3,(H,18,21)/t12-,13+,14+,15-/m1/s1. The van der Waals surface area contributed by atoms with Crippen LogP contribution in [-0.2, 0) is 19.1 Å². The molecule has 9 nitrogen and oxygen atoms in total. The summed E-state index contributed by atoms with van der Waals surface area (Å²) in [6, 6.07) is -1.88. The van der Waals surface area contributed by atoms with E-state index in [0.717, 1.165) is 12.8 Å². The van der Waals surface area contributed by atoms with Crippen molar-refractivity contribution >= 4 is 11.9 Å². The third kappa shape index (κ3) is 5.45. The van der Waals surface area contributed by atoms with E-state index in [1.807, 2.05) is 13.8 Å². The highest BCUT2D eigenvalue weighted by Gasteiger charge is 2.43. The zero-order chi connectivity index (χ0) is 19.0. The molecule has 0 fully saturated rings. The normalized spacial score (nSPS) is 25.8. The molecule has 0 bridgehead atoms. The number of nitrogens with zero attached hydrogens (tertiary/aromatic N) is 3. The van der Waals surface area contributed by atoms with Gasteiger partial charge >= 0.3 is 5.97 Å². The van der Waals surface area contributed by atoms with Gasteiger partial charge in [0.25, 0.3) is 0 Å². The zero-order valence-corrected chi connectivity index (χ0v) is 15.0. The van der Waals surface area contributed by atoms with Crippen molar-refractivity contribution in [2.24, 2.45) is 5.11 Å². The van der Waals surface area contributed by atoms with Gasteiger partial charge < -0.3 is 19.9 Å². The van der Waals surface area contributed by atoms with Crippen LogP contribution in [0.2, 0.25) is 0 Å². The smallest absolute Gasteiger partial charge is 0.336 e. The van der Waals surface area contributed by atoms with Crippen LogP contribution in [0.1, 0.15) is 40.5 Å². The molecule has 0 heterocycles. The van der Waals surface area contributed by atoms with Crippen molar-refractivity contribution in [2.75, 3.05) is 6.61 Å². The summed E-state index contributed by atoms with van der Waals surface area (Å²) >= 11 is 0. The zero-order valence-electron chi connectivity index (χ0n) is 15.0. The molecule has 0 saturated carbocycles. The number of carbonyl (C=O) groups excluding carboxylic acids is 2. The third-order valence-corrected chi connectivity index (χ3v) is 4.03. The summed E-state index contributed by atoms with van der Waals surface area (Å²) in [6.07, 6.45) is 0.683. The second-order valence-corrected chi connectivity index (χ2v) is 5.75. The summed E-state index contributed by atoms with van der Waals surface area (Å²) in [5.74, 6) is -1.06. The van der Waals surface area contributed by atoms with E-state index in [4.69, 9.17) is 15.0 Å². The average molecular weight is 354 g/mol. The number of amides is 1. The van der Waals surface area contributed by atoms with Gasteiger partial charge in [-0.15, -0.1) is 0 Å². The Balaban J connectivity index is 3.31. The molecule has 0 unspecified atom stereocenters. The third-order valence-electron chi connectivity index (χ3n) is 4.03. The molecular weight excluding hydrogens is 328 g/mol. The number of hydrogen-bond acceptors (Lipinski definition) is 6. The molecule has 140 valence electrons. The summed E-state index contributed by atoms with van der Waals surface area (Å²) in [5, 5.41) is 16.7. The van der Waals surface area contributed by atoms with Gasteiger partial charge in [-0.05, 0) is 31.4 Å². The molecule has 25 heavy (non-hydrogen) atoms. The van der Waals surface area contributed by atoms with Crippen molar-refractivity contribution in [2.45, 2.75) is 70.9 Å². The Bertz CT molecular complexity index is 555. The first-order valence-electron chi connectivity index (χ1n) is 8.43. The highest BCUT2D eigenvalue weighted by molar-refractivity contribution is 5.90. The predicted octanol–water partition coefficient (Wildman–Crippen LogP) is 1.61. The number of hydrogen-bond donors (Lipinski definition) is 2. The maximum atomic E-state index is 12.1. The van der Waals surface area contributed by atoms with E-state index in [-0.39, 0.29) is 24.2 Å². The maximum absolute atomic E-state index is 12.1. The lowest BCUT2D eigenvalue weighted by molar-refractivity contribution is -0.140. The first-order chi connectivity index (χ1) is 11.9. The Morgan fingerprint density at radius 2 is 2.04 bits per heavy atom. The van der Waals surface area contributed by atoms with Gasteiger partial charge in [-0.3, -0.25) is 4.79 Å². The van der Waals surface area contributed by atoms with Gasteiger partial charge in [-0.25, -0.2) is 4.79 Å². The molecule has 0 saturated heterocycles. The van der Waals surface area contributed by atoms with Crippen LogP contribution in [0, 0.1) is 0 Å². The van der Waals surface area contributed by atoms with Crippen LogP contribution in [0.15, 0.2) is 16.8 Å². The molecule has 0 aromatic heterocycles. The van der Waals surface area contributed by atoms with Crippen molar-refractivity contribution in [1.82, 2.24) is 5.32 Å². The Morgan fingerprint density at radius 1 is 1.40 bits per heavy atom. The highest BCUT2D eigenvalue weighted by Crippen LogP contribution is 2.27. The maximum Gasteiger partial charge on any atom is 0.336 e. The SMILES string of the molecule is CCOC(=O)C1=C[C@@H](OC(CC)CC)[C@H](NC(C)=O)[C@H](N=[N+]=[N-])[C@@H]1O. The summed E-state index contributed by atoms with van der Waals surface area (Å²) < 4.78 is 10.9. The summed E-state index contributed by atoms with van der Waals surface area (Å²) in [4.78, 5) is 26.4. The number of rotatable bonds is 8. The predicted molar refractivity (Wildman–Crippen MR) is 90.5 cm³/mol. The molecule has 4 atom stereocenters. The van der Waals surface area contributed by atoms with E-state index >= 15 is 0 Å². The van der Waals surface area contributed by atoms with E-state index < -0.39 is 30.3 Å². The lowest BCUT2D eigenvalue weighted by Gasteiger charge is -2.38.